The highest BCUT2D eigenvalue weighted by Crippen LogP contribution is 2.35. The summed E-state index contributed by atoms with van der Waals surface area (Å²) < 4.78 is 21.3. The average Bonchev–Trinajstić information content (AvgIpc) is 2.71. The molecule has 0 radical (unpaired) electrons. The average molecular weight is 364 g/mol. The monoisotopic (exact) mass is 364 g/mol. The second kappa shape index (κ2) is 9.21. The Hall–Kier alpha value is -2.82. The van der Waals surface area contributed by atoms with Crippen molar-refractivity contribution in [3.8, 4) is 33.8 Å². The van der Waals surface area contributed by atoms with E-state index < -0.39 is 0 Å². The van der Waals surface area contributed by atoms with Crippen LogP contribution < -0.4 is 9.47 Å². The topological polar surface area (TPSA) is 36.9 Å². The SMILES string of the molecule is COCOc1ccc(-c2ccc(-c3ccc(C)cc3)cc2OCOC)cc1. The highest BCUT2D eigenvalue weighted by molar-refractivity contribution is 5.76. The Morgan fingerprint density at radius 2 is 1.22 bits per heavy atom. The zero-order valence-electron chi connectivity index (χ0n) is 15.9. The molecular formula is C23H24O4. The van der Waals surface area contributed by atoms with Crippen LogP contribution in [0.25, 0.3) is 22.3 Å². The van der Waals surface area contributed by atoms with Crippen LogP contribution >= 0.6 is 0 Å². The molecule has 0 heterocycles. The maximum atomic E-state index is 5.85. The zero-order chi connectivity index (χ0) is 19.1. The zero-order valence-corrected chi connectivity index (χ0v) is 15.9. The Kier molecular flexibility index (Phi) is 6.47. The Morgan fingerprint density at radius 3 is 1.89 bits per heavy atom. The summed E-state index contributed by atoms with van der Waals surface area (Å²) in [5.41, 5.74) is 5.53. The number of hydrogen-bond donors (Lipinski definition) is 0. The van der Waals surface area contributed by atoms with Gasteiger partial charge < -0.3 is 18.9 Å². The van der Waals surface area contributed by atoms with Gasteiger partial charge in [-0.25, -0.2) is 0 Å². The minimum absolute atomic E-state index is 0.194. The van der Waals surface area contributed by atoms with Gasteiger partial charge in [0.2, 0.25) is 0 Å². The minimum Gasteiger partial charge on any atom is -0.468 e. The Morgan fingerprint density at radius 1 is 0.630 bits per heavy atom. The van der Waals surface area contributed by atoms with Crippen molar-refractivity contribution in [3.63, 3.8) is 0 Å². The lowest BCUT2D eigenvalue weighted by molar-refractivity contribution is 0.0509. The molecule has 0 atom stereocenters. The molecule has 0 aliphatic rings. The molecule has 0 fully saturated rings. The number of aryl methyl sites for hydroxylation is 1. The van der Waals surface area contributed by atoms with E-state index >= 15 is 0 Å². The Bertz CT molecular complexity index is 855. The van der Waals surface area contributed by atoms with E-state index in [9.17, 15) is 0 Å². The quantitative estimate of drug-likeness (QED) is 0.509. The number of rotatable bonds is 8. The van der Waals surface area contributed by atoms with Crippen molar-refractivity contribution in [3.05, 3.63) is 72.3 Å². The molecule has 0 amide bonds. The van der Waals surface area contributed by atoms with Crippen molar-refractivity contribution in [1.29, 1.82) is 0 Å². The van der Waals surface area contributed by atoms with Crippen molar-refractivity contribution in [2.45, 2.75) is 6.92 Å². The predicted octanol–water partition coefficient (Wildman–Crippen LogP) is 5.29. The normalized spacial score (nSPS) is 10.6. The summed E-state index contributed by atoms with van der Waals surface area (Å²) in [5, 5.41) is 0. The molecule has 0 aliphatic carbocycles. The summed E-state index contributed by atoms with van der Waals surface area (Å²) in [6.45, 7) is 2.51. The Balaban J connectivity index is 1.92. The molecule has 27 heavy (non-hydrogen) atoms. The third kappa shape index (κ3) is 4.88. The standard InChI is InChI=1S/C23H24O4/c1-17-4-6-18(7-5-17)20-10-13-22(23(14-20)27-16-25-3)19-8-11-21(12-9-19)26-15-24-2/h4-14H,15-16H2,1-3H3. The molecule has 0 unspecified atom stereocenters. The van der Waals surface area contributed by atoms with Crippen molar-refractivity contribution in [1.82, 2.24) is 0 Å². The third-order valence-electron chi connectivity index (χ3n) is 4.21. The van der Waals surface area contributed by atoms with E-state index in [-0.39, 0.29) is 13.6 Å². The molecule has 0 aliphatic heterocycles. The summed E-state index contributed by atoms with van der Waals surface area (Å²) in [6, 6.07) is 22.5. The fourth-order valence-electron chi connectivity index (χ4n) is 2.79. The van der Waals surface area contributed by atoms with E-state index in [1.165, 1.54) is 5.56 Å². The molecule has 0 aromatic heterocycles. The van der Waals surface area contributed by atoms with Crippen molar-refractivity contribution < 1.29 is 18.9 Å². The molecule has 0 saturated heterocycles. The van der Waals surface area contributed by atoms with E-state index in [2.05, 4.69) is 43.3 Å². The highest BCUT2D eigenvalue weighted by atomic mass is 16.7. The second-order valence-corrected chi connectivity index (χ2v) is 6.20. The van der Waals surface area contributed by atoms with Gasteiger partial charge in [0.25, 0.3) is 0 Å². The summed E-state index contributed by atoms with van der Waals surface area (Å²) in [7, 11) is 3.22. The van der Waals surface area contributed by atoms with Crippen LogP contribution in [-0.2, 0) is 9.47 Å². The first-order chi connectivity index (χ1) is 13.2. The molecule has 140 valence electrons. The van der Waals surface area contributed by atoms with E-state index in [0.717, 1.165) is 33.8 Å². The number of methoxy groups -OCH3 is 2. The van der Waals surface area contributed by atoms with Crippen LogP contribution in [0.4, 0.5) is 0 Å². The maximum Gasteiger partial charge on any atom is 0.188 e. The number of benzene rings is 3. The third-order valence-corrected chi connectivity index (χ3v) is 4.21. The Labute approximate surface area is 160 Å². The molecule has 4 heteroatoms. The van der Waals surface area contributed by atoms with E-state index in [0.29, 0.717) is 0 Å². The first kappa shape index (κ1) is 19.0. The van der Waals surface area contributed by atoms with Crippen molar-refractivity contribution in [2.75, 3.05) is 27.8 Å². The predicted molar refractivity (Wildman–Crippen MR) is 107 cm³/mol. The second-order valence-electron chi connectivity index (χ2n) is 6.20. The maximum absolute atomic E-state index is 5.85. The van der Waals surface area contributed by atoms with Crippen molar-refractivity contribution >= 4 is 0 Å². The molecule has 0 spiro atoms. The summed E-state index contributed by atoms with van der Waals surface area (Å²) in [4.78, 5) is 0. The van der Waals surface area contributed by atoms with Gasteiger partial charge in [-0.2, -0.15) is 0 Å². The van der Waals surface area contributed by atoms with Crippen LogP contribution in [0.3, 0.4) is 0 Å². The lowest BCUT2D eigenvalue weighted by Crippen LogP contribution is -2.01. The van der Waals surface area contributed by atoms with Gasteiger partial charge in [0.15, 0.2) is 13.6 Å². The van der Waals surface area contributed by atoms with E-state index in [4.69, 9.17) is 18.9 Å². The smallest absolute Gasteiger partial charge is 0.188 e. The lowest BCUT2D eigenvalue weighted by atomic mass is 9.98. The minimum atomic E-state index is 0.194. The van der Waals surface area contributed by atoms with Crippen LogP contribution in [0.5, 0.6) is 11.5 Å². The first-order valence-corrected chi connectivity index (χ1v) is 8.76. The van der Waals surface area contributed by atoms with Gasteiger partial charge in [-0.3, -0.25) is 0 Å². The first-order valence-electron chi connectivity index (χ1n) is 8.76. The highest BCUT2D eigenvalue weighted by Gasteiger charge is 2.10. The van der Waals surface area contributed by atoms with Crippen molar-refractivity contribution in [2.24, 2.45) is 0 Å². The van der Waals surface area contributed by atoms with Gasteiger partial charge in [0.1, 0.15) is 11.5 Å². The van der Waals surface area contributed by atoms with E-state index in [1.54, 1.807) is 14.2 Å². The van der Waals surface area contributed by atoms with Gasteiger partial charge in [0.05, 0.1) is 0 Å². The van der Waals surface area contributed by atoms with Crippen LogP contribution in [0.15, 0.2) is 66.7 Å². The van der Waals surface area contributed by atoms with Crippen LogP contribution in [-0.4, -0.2) is 27.8 Å². The fourth-order valence-corrected chi connectivity index (χ4v) is 2.79. The van der Waals surface area contributed by atoms with Crippen LogP contribution in [0, 0.1) is 6.92 Å². The summed E-state index contributed by atoms with van der Waals surface area (Å²) in [5.74, 6) is 1.54. The molecule has 3 rings (SSSR count). The lowest BCUT2D eigenvalue weighted by Gasteiger charge is -2.14. The molecule has 0 bridgehead atoms. The van der Waals surface area contributed by atoms with Gasteiger partial charge in [-0.05, 0) is 41.8 Å². The molecule has 0 saturated carbocycles. The molecule has 4 nitrogen and oxygen atoms in total. The van der Waals surface area contributed by atoms with Crippen LogP contribution in [0.2, 0.25) is 0 Å². The number of ether oxygens (including phenoxy) is 4. The molecule has 3 aromatic carbocycles. The molecule has 0 N–H and O–H groups in total. The van der Waals surface area contributed by atoms with Gasteiger partial charge in [-0.1, -0.05) is 54.1 Å². The van der Waals surface area contributed by atoms with Gasteiger partial charge in [0, 0.05) is 19.8 Å². The van der Waals surface area contributed by atoms with E-state index in [1.807, 2.05) is 30.3 Å². The summed E-state index contributed by atoms with van der Waals surface area (Å²) in [6.07, 6.45) is 0. The molecule has 3 aromatic rings. The fraction of sp³-hybridized carbons (Fsp3) is 0.217. The molecular weight excluding hydrogens is 340 g/mol. The van der Waals surface area contributed by atoms with Gasteiger partial charge >= 0.3 is 0 Å². The van der Waals surface area contributed by atoms with Crippen LogP contribution in [0.1, 0.15) is 5.56 Å². The number of hydrogen-bond acceptors (Lipinski definition) is 4. The summed E-state index contributed by atoms with van der Waals surface area (Å²) >= 11 is 0. The largest absolute Gasteiger partial charge is 0.468 e. The van der Waals surface area contributed by atoms with Gasteiger partial charge in [-0.15, -0.1) is 0 Å².